The molecule has 4 heterocycles. The number of hydrogen-bond donors (Lipinski definition) is 3. The fourth-order valence-electron chi connectivity index (χ4n) is 4.68. The minimum atomic E-state index is -3.93. The molecule has 3 aliphatic heterocycles. The van der Waals surface area contributed by atoms with Gasteiger partial charge in [0.05, 0.1) is 42.8 Å². The molecule has 6 amide bonds. The number of rotatable bonds is 9. The molecule has 1 aromatic carbocycles. The van der Waals surface area contributed by atoms with E-state index in [2.05, 4.69) is 26.2 Å². The first-order valence-electron chi connectivity index (χ1n) is 12.8. The van der Waals surface area contributed by atoms with Crippen molar-refractivity contribution in [3.8, 4) is 0 Å². The van der Waals surface area contributed by atoms with Crippen LogP contribution >= 0.6 is 23.5 Å². The summed E-state index contributed by atoms with van der Waals surface area (Å²) in [5.74, 6) is -2.86. The van der Waals surface area contributed by atoms with E-state index in [1.165, 1.54) is 28.9 Å². The number of thioether (sulfide) groups is 2. The summed E-state index contributed by atoms with van der Waals surface area (Å²) in [4.78, 5) is 66.1. The molecular weight excluding hydrogens is 664 g/mol. The predicted octanol–water partition coefficient (Wildman–Crippen LogP) is -5.21. The van der Waals surface area contributed by atoms with Crippen LogP contribution in [0.4, 0.5) is 15.3 Å². The summed E-state index contributed by atoms with van der Waals surface area (Å²) in [7, 11) is -2.34. The van der Waals surface area contributed by atoms with Crippen molar-refractivity contribution in [3.63, 3.8) is 0 Å². The van der Waals surface area contributed by atoms with Crippen LogP contribution in [0, 0.1) is 0 Å². The van der Waals surface area contributed by atoms with Crippen LogP contribution in [-0.4, -0.2) is 108 Å². The average molecular weight is 689 g/mol. The third-order valence-corrected chi connectivity index (χ3v) is 10.4. The molecule has 3 aliphatic rings. The Bertz CT molecular complexity index is 1690. The van der Waals surface area contributed by atoms with E-state index in [1.54, 1.807) is 7.05 Å². The number of aryl methyl sites for hydroxylation is 1. The number of carboxylic acids is 1. The first-order valence-corrected chi connectivity index (χ1v) is 16.6. The van der Waals surface area contributed by atoms with Crippen LogP contribution in [0.1, 0.15) is 18.0 Å². The minimum Gasteiger partial charge on any atom is -0.543 e. The zero-order valence-electron chi connectivity index (χ0n) is 24.1. The average Bonchev–Trinajstić information content (AvgIpc) is 3.55. The minimum absolute atomic E-state index is 0. The van der Waals surface area contributed by atoms with Gasteiger partial charge in [-0.15, -0.1) is 16.9 Å². The van der Waals surface area contributed by atoms with Gasteiger partial charge < -0.3 is 26.3 Å². The molecule has 1 aromatic heterocycles. The Hall–Kier alpha value is -3.37. The van der Waals surface area contributed by atoms with E-state index in [-0.39, 0.29) is 71.7 Å². The number of tetrazole rings is 1. The summed E-state index contributed by atoms with van der Waals surface area (Å²) in [6.45, 7) is -0.494. The number of β-lactam (4-membered cyclic amide) rings is 1. The maximum absolute atomic E-state index is 13.8. The molecule has 45 heavy (non-hydrogen) atoms. The number of carboxylic acid groups (broad SMARTS) is 1. The maximum atomic E-state index is 13.8. The first-order chi connectivity index (χ1) is 20.8. The van der Waals surface area contributed by atoms with E-state index >= 15 is 0 Å². The number of imide groups is 1. The van der Waals surface area contributed by atoms with E-state index in [0.29, 0.717) is 20.0 Å². The summed E-state index contributed by atoms with van der Waals surface area (Å²) >= 11 is 2.20. The molecule has 0 bridgehead atoms. The normalized spacial score (nSPS) is 20.3. The number of nitrogens with two attached hydrogens (primary N) is 1. The molecule has 2 saturated heterocycles. The molecule has 2 fully saturated rings. The quantitative estimate of drug-likeness (QED) is 0.0965. The van der Waals surface area contributed by atoms with Crippen molar-refractivity contribution >= 4 is 69.1 Å². The van der Waals surface area contributed by atoms with E-state index in [1.807, 2.05) is 0 Å². The molecule has 0 aliphatic carbocycles. The largest absolute Gasteiger partial charge is 1.00 e. The molecule has 4 N–H and O–H groups in total. The SMILES string of the molecule is Cn1nnnc1SCC1=C(C(=O)[O-])N2C(=O)C[C@@H]2SC1NC(=O)C(NC(=O)N1CCN(S(C)(=O)=O)C1=O)c1ccc(N)cc1.[Na+]. The van der Waals surface area contributed by atoms with E-state index in [0.717, 1.165) is 34.7 Å². The number of anilines is 1. The third kappa shape index (κ3) is 7.07. The summed E-state index contributed by atoms with van der Waals surface area (Å²) in [5, 5.41) is 27.4. The molecule has 3 atom stereocenters. The zero-order chi connectivity index (χ0) is 31.9. The fraction of sp³-hybridized carbons (Fsp3) is 0.391. The molecule has 0 spiro atoms. The Balaban J connectivity index is 0.00000461. The van der Waals surface area contributed by atoms with Gasteiger partial charge in [0.1, 0.15) is 11.4 Å². The van der Waals surface area contributed by atoms with Crippen LogP contribution in [-0.2, 0) is 31.5 Å². The molecule has 0 saturated carbocycles. The number of nitrogen functional groups attached to an aromatic ring is 1. The van der Waals surface area contributed by atoms with Gasteiger partial charge in [0.25, 0.3) is 0 Å². The number of nitrogens with zero attached hydrogens (tertiary/aromatic N) is 7. The van der Waals surface area contributed by atoms with Gasteiger partial charge in [0, 0.05) is 18.5 Å². The van der Waals surface area contributed by atoms with E-state index in [4.69, 9.17) is 5.73 Å². The predicted molar refractivity (Wildman–Crippen MR) is 152 cm³/mol. The molecule has 5 rings (SSSR count). The van der Waals surface area contributed by atoms with Crippen molar-refractivity contribution in [2.24, 2.45) is 7.05 Å². The standard InChI is InChI=1S/C23H26N10O8S3.Na/c1-30-22(27-28-29-30)42-10-13-17(20(36)37)33-14(34)9-15(33)43-19(13)26-18(35)16(11-3-5-12(24)6-4-11)25-21(38)31-7-8-32(23(31)39)44(2,40)41;/h3-6,15-16,19H,7-10,24H2,1-2H3,(H,25,38)(H,26,35)(H,36,37);/q;+1/p-1/t15-,16?,19?;/m0./s1. The van der Waals surface area contributed by atoms with Crippen LogP contribution in [0.5, 0.6) is 0 Å². The third-order valence-electron chi connectivity index (χ3n) is 6.88. The van der Waals surface area contributed by atoms with E-state index in [9.17, 15) is 37.5 Å². The van der Waals surface area contributed by atoms with E-state index < -0.39 is 56.7 Å². The summed E-state index contributed by atoms with van der Waals surface area (Å²) in [6, 6.07) is 2.43. The Morgan fingerprint density at radius 1 is 1.20 bits per heavy atom. The number of urea groups is 2. The molecule has 2 unspecified atom stereocenters. The zero-order valence-corrected chi connectivity index (χ0v) is 28.5. The first kappa shape index (κ1) is 34.5. The van der Waals surface area contributed by atoms with Gasteiger partial charge in [0.15, 0.2) is 0 Å². The van der Waals surface area contributed by atoms with Crippen molar-refractivity contribution in [1.29, 1.82) is 0 Å². The van der Waals surface area contributed by atoms with Crippen LogP contribution in [0.25, 0.3) is 0 Å². The Labute approximate surface area is 286 Å². The van der Waals surface area contributed by atoms with Gasteiger partial charge in [-0.3, -0.25) is 14.5 Å². The number of sulfonamides is 1. The van der Waals surface area contributed by atoms with Gasteiger partial charge in [-0.1, -0.05) is 23.9 Å². The number of aliphatic carboxylic acids is 1. The number of carbonyl (C=O) groups is 5. The van der Waals surface area contributed by atoms with Gasteiger partial charge in [-0.25, -0.2) is 31.9 Å². The van der Waals surface area contributed by atoms with Crippen molar-refractivity contribution in [3.05, 3.63) is 41.1 Å². The topological polar surface area (TPSA) is 246 Å². The van der Waals surface area contributed by atoms with Crippen molar-refractivity contribution in [2.45, 2.75) is 28.4 Å². The molecule has 0 radical (unpaired) electrons. The van der Waals surface area contributed by atoms with Gasteiger partial charge >= 0.3 is 41.6 Å². The second kappa shape index (κ2) is 13.5. The summed E-state index contributed by atoms with van der Waals surface area (Å²) < 4.78 is 25.8. The smallest absolute Gasteiger partial charge is 0.543 e. The van der Waals surface area contributed by atoms with Crippen LogP contribution in [0.3, 0.4) is 0 Å². The number of aromatic nitrogens is 4. The molecule has 234 valence electrons. The molecule has 18 nitrogen and oxygen atoms in total. The van der Waals surface area contributed by atoms with Gasteiger partial charge in [0.2, 0.25) is 27.0 Å². The van der Waals surface area contributed by atoms with Crippen LogP contribution < -0.4 is 51.0 Å². The summed E-state index contributed by atoms with van der Waals surface area (Å²) in [6.07, 6.45) is 0.869. The van der Waals surface area contributed by atoms with Gasteiger partial charge in [-0.2, -0.15) is 0 Å². The maximum Gasteiger partial charge on any atom is 1.00 e. The Morgan fingerprint density at radius 3 is 2.44 bits per heavy atom. The second-order valence-corrected chi connectivity index (χ2v) is 13.9. The fourth-order valence-corrected chi connectivity index (χ4v) is 7.93. The Morgan fingerprint density at radius 2 is 1.89 bits per heavy atom. The van der Waals surface area contributed by atoms with Crippen molar-refractivity contribution in [1.82, 2.24) is 44.9 Å². The monoisotopic (exact) mass is 688 g/mol. The number of hydrogen-bond acceptors (Lipinski definition) is 14. The molecular formula is C23H25N10NaO8S3. The number of fused-ring (bicyclic) bond motifs is 1. The molecule has 22 heteroatoms. The molecule has 2 aromatic rings. The number of amides is 6. The number of benzene rings is 1. The van der Waals surface area contributed by atoms with Crippen molar-refractivity contribution in [2.75, 3.05) is 30.8 Å². The number of nitrogens with one attached hydrogen (secondary N) is 2. The van der Waals surface area contributed by atoms with Crippen LogP contribution in [0.2, 0.25) is 0 Å². The van der Waals surface area contributed by atoms with Gasteiger partial charge in [-0.05, 0) is 33.7 Å². The Kier molecular flexibility index (Phi) is 10.4. The second-order valence-electron chi connectivity index (χ2n) is 9.80. The summed E-state index contributed by atoms with van der Waals surface area (Å²) in [5.41, 5.74) is 6.19. The van der Waals surface area contributed by atoms with Crippen molar-refractivity contribution < 1.29 is 67.1 Å². The van der Waals surface area contributed by atoms with Crippen LogP contribution in [0.15, 0.2) is 40.7 Å². The number of carbonyl (C=O) groups excluding carboxylic acids is 5.